The highest BCUT2D eigenvalue weighted by Gasteiger charge is 2.23. The first-order chi connectivity index (χ1) is 31.2. The molecule has 13 aromatic rings. The third kappa shape index (κ3) is 5.73. The van der Waals surface area contributed by atoms with Crippen molar-refractivity contribution in [1.82, 2.24) is 19.5 Å². The van der Waals surface area contributed by atoms with E-state index in [0.29, 0.717) is 17.5 Å². The zero-order valence-electron chi connectivity index (χ0n) is 33.7. The van der Waals surface area contributed by atoms with Gasteiger partial charge in [0.25, 0.3) is 0 Å². The van der Waals surface area contributed by atoms with Gasteiger partial charge in [-0.25, -0.2) is 15.0 Å². The number of hydrogen-bond donors (Lipinski definition) is 0. The van der Waals surface area contributed by atoms with Crippen molar-refractivity contribution in [3.05, 3.63) is 206 Å². The molecule has 0 bridgehead atoms. The first-order valence-electron chi connectivity index (χ1n) is 21.1. The molecule has 0 aliphatic carbocycles. The van der Waals surface area contributed by atoms with Crippen LogP contribution in [0.5, 0.6) is 0 Å². The lowest BCUT2D eigenvalue weighted by molar-refractivity contribution is 0.666. The standard InChI is InChI=1S/C57H34N4OS/c1-4-16-35(17-5-1)38-30-31-47-45(32-38)40-22-10-12-26-46(40)61(47)48-27-14-24-42-52-43(25-15-28-49(52)62-54(42)48)57-59-55(37-20-8-3-9-21-37)58-56(60-57)39-33-44(36-18-6-2-7-19-36)53-41-23-11-13-29-50(41)63-51(53)34-39/h1-34H. The highest BCUT2D eigenvalue weighted by molar-refractivity contribution is 7.26. The molecule has 0 N–H and O–H groups in total. The van der Waals surface area contributed by atoms with E-state index >= 15 is 0 Å². The van der Waals surface area contributed by atoms with E-state index in [1.165, 1.54) is 42.1 Å². The SMILES string of the molecule is c1ccc(-c2ccc3c(c2)c2ccccc2n3-c2cccc3c2oc2cccc(-c4nc(-c5ccccc5)nc(-c5cc(-c6ccccc6)c6c(c5)sc5ccccc56)n4)c23)cc1. The summed E-state index contributed by atoms with van der Waals surface area (Å²) in [5.74, 6) is 1.81. The molecule has 9 aromatic carbocycles. The van der Waals surface area contributed by atoms with E-state index in [1.807, 2.05) is 30.3 Å². The van der Waals surface area contributed by atoms with Gasteiger partial charge >= 0.3 is 0 Å². The summed E-state index contributed by atoms with van der Waals surface area (Å²) in [6, 6.07) is 72.5. The van der Waals surface area contributed by atoms with Crippen molar-refractivity contribution in [2.75, 3.05) is 0 Å². The number of rotatable bonds is 6. The van der Waals surface area contributed by atoms with Gasteiger partial charge in [-0.2, -0.15) is 0 Å². The molecule has 0 amide bonds. The van der Waals surface area contributed by atoms with Gasteiger partial charge < -0.3 is 8.98 Å². The van der Waals surface area contributed by atoms with Crippen molar-refractivity contribution in [3.8, 4) is 62.1 Å². The van der Waals surface area contributed by atoms with E-state index in [1.54, 1.807) is 11.3 Å². The molecule has 4 aromatic heterocycles. The van der Waals surface area contributed by atoms with E-state index < -0.39 is 0 Å². The third-order valence-electron chi connectivity index (χ3n) is 12.3. The lowest BCUT2D eigenvalue weighted by atomic mass is 9.97. The van der Waals surface area contributed by atoms with Crippen LogP contribution in [0.4, 0.5) is 0 Å². The van der Waals surface area contributed by atoms with Gasteiger partial charge in [-0.3, -0.25) is 0 Å². The minimum Gasteiger partial charge on any atom is -0.454 e. The first kappa shape index (κ1) is 35.6. The fourth-order valence-electron chi connectivity index (χ4n) is 9.41. The average molecular weight is 823 g/mol. The molecule has 0 saturated carbocycles. The van der Waals surface area contributed by atoms with Crippen LogP contribution in [-0.4, -0.2) is 19.5 Å². The van der Waals surface area contributed by atoms with Gasteiger partial charge in [0.15, 0.2) is 23.1 Å². The molecule has 0 fully saturated rings. The van der Waals surface area contributed by atoms with E-state index in [0.717, 1.165) is 66.5 Å². The molecule has 4 heterocycles. The second-order valence-corrected chi connectivity index (χ2v) is 17.0. The number of aromatic nitrogens is 4. The Morgan fingerprint density at radius 2 is 1.00 bits per heavy atom. The Labute approximate surface area is 365 Å². The molecule has 0 spiro atoms. The monoisotopic (exact) mass is 822 g/mol. The van der Waals surface area contributed by atoms with E-state index in [9.17, 15) is 0 Å². The van der Waals surface area contributed by atoms with Gasteiger partial charge in [0.1, 0.15) is 5.58 Å². The van der Waals surface area contributed by atoms with Gasteiger partial charge in [-0.1, -0.05) is 158 Å². The van der Waals surface area contributed by atoms with Crippen molar-refractivity contribution in [2.24, 2.45) is 0 Å². The Morgan fingerprint density at radius 1 is 0.365 bits per heavy atom. The molecule has 0 aliphatic rings. The summed E-state index contributed by atoms with van der Waals surface area (Å²) in [6.07, 6.45) is 0. The van der Waals surface area contributed by atoms with Gasteiger partial charge in [-0.15, -0.1) is 11.3 Å². The molecule has 63 heavy (non-hydrogen) atoms. The summed E-state index contributed by atoms with van der Waals surface area (Å²) in [4.78, 5) is 15.8. The summed E-state index contributed by atoms with van der Waals surface area (Å²) in [5, 5.41) is 6.83. The summed E-state index contributed by atoms with van der Waals surface area (Å²) in [7, 11) is 0. The van der Waals surface area contributed by atoms with Crippen LogP contribution in [0.1, 0.15) is 0 Å². The summed E-state index contributed by atoms with van der Waals surface area (Å²) >= 11 is 1.80. The van der Waals surface area contributed by atoms with Crippen LogP contribution in [0.2, 0.25) is 0 Å². The topological polar surface area (TPSA) is 56.7 Å². The molecular formula is C57H34N4OS. The minimum atomic E-state index is 0.584. The Bertz CT molecular complexity index is 3910. The number of nitrogens with zero attached hydrogens (tertiary/aromatic N) is 4. The van der Waals surface area contributed by atoms with Gasteiger partial charge in [0.2, 0.25) is 0 Å². The Kier molecular flexibility index (Phi) is 8.01. The van der Waals surface area contributed by atoms with Crippen molar-refractivity contribution in [3.63, 3.8) is 0 Å². The normalized spacial score (nSPS) is 11.8. The van der Waals surface area contributed by atoms with E-state index in [-0.39, 0.29) is 0 Å². The maximum atomic E-state index is 6.94. The minimum absolute atomic E-state index is 0.584. The second kappa shape index (κ2) is 14.2. The van der Waals surface area contributed by atoms with Crippen molar-refractivity contribution in [1.29, 1.82) is 0 Å². The van der Waals surface area contributed by atoms with Crippen molar-refractivity contribution < 1.29 is 4.42 Å². The lowest BCUT2D eigenvalue weighted by Crippen LogP contribution is -2.00. The van der Waals surface area contributed by atoms with Gasteiger partial charge in [-0.05, 0) is 70.8 Å². The van der Waals surface area contributed by atoms with Crippen molar-refractivity contribution >= 4 is 75.3 Å². The van der Waals surface area contributed by atoms with Gasteiger partial charge in [0.05, 0.1) is 16.7 Å². The Hall–Kier alpha value is -8.19. The Morgan fingerprint density at radius 3 is 1.81 bits per heavy atom. The first-order valence-corrected chi connectivity index (χ1v) is 21.9. The van der Waals surface area contributed by atoms with Crippen LogP contribution >= 0.6 is 11.3 Å². The largest absolute Gasteiger partial charge is 0.454 e. The predicted octanol–water partition coefficient (Wildman–Crippen LogP) is 15.6. The summed E-state index contributed by atoms with van der Waals surface area (Å²) in [6.45, 7) is 0. The molecule has 0 radical (unpaired) electrons. The lowest BCUT2D eigenvalue weighted by Gasteiger charge is -2.12. The molecular weight excluding hydrogens is 789 g/mol. The maximum Gasteiger partial charge on any atom is 0.164 e. The van der Waals surface area contributed by atoms with Crippen molar-refractivity contribution in [2.45, 2.75) is 0 Å². The number of fused-ring (bicyclic) bond motifs is 9. The quantitative estimate of drug-likeness (QED) is 0.168. The smallest absolute Gasteiger partial charge is 0.164 e. The van der Waals surface area contributed by atoms with E-state index in [2.05, 4.69) is 180 Å². The number of furan rings is 1. The van der Waals surface area contributed by atoms with Crippen LogP contribution < -0.4 is 0 Å². The fraction of sp³-hybridized carbons (Fsp3) is 0. The van der Waals surface area contributed by atoms with Crippen LogP contribution in [0.3, 0.4) is 0 Å². The molecule has 0 aliphatic heterocycles. The number of hydrogen-bond acceptors (Lipinski definition) is 5. The molecule has 294 valence electrons. The molecule has 0 atom stereocenters. The average Bonchev–Trinajstić information content (AvgIpc) is 4.04. The molecule has 13 rings (SSSR count). The molecule has 0 unspecified atom stereocenters. The van der Waals surface area contributed by atoms with E-state index in [4.69, 9.17) is 19.4 Å². The van der Waals surface area contributed by atoms with Crippen LogP contribution in [0.25, 0.3) is 126 Å². The van der Waals surface area contributed by atoms with Crippen LogP contribution in [0, 0.1) is 0 Å². The second-order valence-electron chi connectivity index (χ2n) is 15.9. The highest BCUT2D eigenvalue weighted by atomic mass is 32.1. The molecule has 0 saturated heterocycles. The maximum absolute atomic E-state index is 6.94. The highest BCUT2D eigenvalue weighted by Crippen LogP contribution is 2.44. The zero-order valence-corrected chi connectivity index (χ0v) is 34.6. The van der Waals surface area contributed by atoms with Crippen LogP contribution in [-0.2, 0) is 0 Å². The molecule has 5 nitrogen and oxygen atoms in total. The fourth-order valence-corrected chi connectivity index (χ4v) is 10.6. The third-order valence-corrected chi connectivity index (χ3v) is 13.4. The Balaban J connectivity index is 1.03. The summed E-state index contributed by atoms with van der Waals surface area (Å²) in [5.41, 5.74) is 12.2. The van der Waals surface area contributed by atoms with Gasteiger partial charge in [0, 0.05) is 58.4 Å². The molecule has 6 heteroatoms. The predicted molar refractivity (Wildman–Crippen MR) is 262 cm³/mol. The van der Waals surface area contributed by atoms with Crippen LogP contribution in [0.15, 0.2) is 211 Å². The zero-order chi connectivity index (χ0) is 41.4. The number of benzene rings is 9. The number of para-hydroxylation sites is 2. The number of thiophene rings is 1. The summed E-state index contributed by atoms with van der Waals surface area (Å²) < 4.78 is 11.7.